The van der Waals surface area contributed by atoms with Crippen LogP contribution in [0.1, 0.15) is 49.0 Å². The minimum Gasteiger partial charge on any atom is -0.508 e. The summed E-state index contributed by atoms with van der Waals surface area (Å²) in [6.07, 6.45) is 2.39. The molecule has 182 valence electrons. The summed E-state index contributed by atoms with van der Waals surface area (Å²) >= 11 is 0. The number of rotatable bonds is 7. The Balaban J connectivity index is 1.86. The summed E-state index contributed by atoms with van der Waals surface area (Å²) in [5, 5.41) is 33.8. The minimum atomic E-state index is -0.496. The van der Waals surface area contributed by atoms with E-state index in [2.05, 4.69) is 12.0 Å². The molecule has 0 radical (unpaired) electrons. The molecule has 4 rings (SSSR count). The Kier molecular flexibility index (Phi) is 6.41. The highest BCUT2D eigenvalue weighted by molar-refractivity contribution is 5.58. The maximum absolute atomic E-state index is 11.4. The van der Waals surface area contributed by atoms with Crippen molar-refractivity contribution in [3.63, 3.8) is 0 Å². The van der Waals surface area contributed by atoms with E-state index < -0.39 is 10.3 Å². The molecule has 1 aliphatic heterocycles. The average Bonchev–Trinajstić information content (AvgIpc) is 3.29. The van der Waals surface area contributed by atoms with Crippen molar-refractivity contribution < 1.29 is 19.9 Å². The molecule has 2 unspecified atom stereocenters. The average molecular weight is 476 g/mol. The monoisotopic (exact) mass is 475 g/mol. The molecule has 1 saturated heterocycles. The maximum atomic E-state index is 11.4. The number of nitrogens with zero attached hydrogens (tertiary/aromatic N) is 2. The molecule has 1 fully saturated rings. The van der Waals surface area contributed by atoms with Crippen molar-refractivity contribution in [1.82, 2.24) is 5.43 Å². The lowest BCUT2D eigenvalue weighted by atomic mass is 9.82. The zero-order valence-electron chi connectivity index (χ0n) is 19.9. The Morgan fingerprint density at radius 3 is 2.51 bits per heavy atom. The molecule has 2 atom stereocenters. The Morgan fingerprint density at radius 2 is 1.89 bits per heavy atom. The lowest BCUT2D eigenvalue weighted by molar-refractivity contribution is -0.384. The predicted octanol–water partition coefficient (Wildman–Crippen LogP) is 5.68. The number of nitro benzene ring substituents is 1. The van der Waals surface area contributed by atoms with Crippen LogP contribution < -0.4 is 15.2 Å². The van der Waals surface area contributed by atoms with Gasteiger partial charge >= 0.3 is 0 Å². The van der Waals surface area contributed by atoms with Crippen LogP contribution in [0.3, 0.4) is 0 Å². The number of nitro groups is 1. The van der Waals surface area contributed by atoms with Gasteiger partial charge in [-0.1, -0.05) is 38.1 Å². The van der Waals surface area contributed by atoms with Crippen LogP contribution in [0.15, 0.2) is 73.3 Å². The van der Waals surface area contributed by atoms with Crippen LogP contribution in [0, 0.1) is 10.1 Å². The van der Waals surface area contributed by atoms with Crippen molar-refractivity contribution in [2.45, 2.75) is 37.8 Å². The van der Waals surface area contributed by atoms with E-state index in [-0.39, 0.29) is 29.3 Å². The molecule has 0 amide bonds. The van der Waals surface area contributed by atoms with Gasteiger partial charge in [0.2, 0.25) is 0 Å². The Bertz CT molecular complexity index is 1260. The molecule has 0 saturated carbocycles. The molecular formula is C27H29N3O5. The van der Waals surface area contributed by atoms with E-state index in [0.29, 0.717) is 23.4 Å². The van der Waals surface area contributed by atoms with Crippen LogP contribution in [0.4, 0.5) is 11.4 Å². The third kappa shape index (κ3) is 4.65. The second kappa shape index (κ2) is 9.31. The van der Waals surface area contributed by atoms with Gasteiger partial charge in [0.25, 0.3) is 5.69 Å². The third-order valence-corrected chi connectivity index (χ3v) is 6.59. The first-order chi connectivity index (χ1) is 16.6. The fourth-order valence-electron chi connectivity index (χ4n) is 4.48. The van der Waals surface area contributed by atoms with E-state index in [0.717, 1.165) is 11.1 Å². The largest absolute Gasteiger partial charge is 0.508 e. The van der Waals surface area contributed by atoms with Gasteiger partial charge in [-0.05, 0) is 36.2 Å². The number of allylic oxidation sites excluding steroid dienone is 1. The van der Waals surface area contributed by atoms with Crippen molar-refractivity contribution >= 4 is 11.4 Å². The van der Waals surface area contributed by atoms with Crippen molar-refractivity contribution in [2.75, 3.05) is 12.1 Å². The van der Waals surface area contributed by atoms with Gasteiger partial charge in [-0.15, -0.1) is 6.58 Å². The van der Waals surface area contributed by atoms with E-state index in [9.17, 15) is 20.3 Å². The molecule has 0 aliphatic carbocycles. The molecule has 8 heteroatoms. The molecule has 3 aromatic rings. The quantitative estimate of drug-likeness (QED) is 0.229. The van der Waals surface area contributed by atoms with Crippen LogP contribution in [-0.4, -0.2) is 22.2 Å². The number of aromatic hydroxyl groups is 2. The Morgan fingerprint density at radius 1 is 1.17 bits per heavy atom. The molecule has 0 aromatic heterocycles. The first-order valence-corrected chi connectivity index (χ1v) is 11.3. The second-order valence-electron chi connectivity index (χ2n) is 9.21. The van der Waals surface area contributed by atoms with Gasteiger partial charge in [-0.3, -0.25) is 15.1 Å². The lowest BCUT2D eigenvalue weighted by Crippen LogP contribution is -2.34. The predicted molar refractivity (Wildman–Crippen MR) is 135 cm³/mol. The van der Waals surface area contributed by atoms with E-state index >= 15 is 0 Å². The summed E-state index contributed by atoms with van der Waals surface area (Å²) in [6.45, 7) is 7.85. The highest BCUT2D eigenvalue weighted by Crippen LogP contribution is 2.46. The Labute approximate surface area is 204 Å². The topological polar surface area (TPSA) is 108 Å². The molecule has 3 aromatic carbocycles. The summed E-state index contributed by atoms with van der Waals surface area (Å²) in [6, 6.07) is 16.5. The molecule has 1 heterocycles. The normalized spacial score (nSPS) is 17.9. The molecule has 1 aliphatic rings. The molecule has 0 spiro atoms. The van der Waals surface area contributed by atoms with Crippen LogP contribution in [-0.2, 0) is 5.41 Å². The standard InChI is InChI=1S/C27H29N3O5/c1-5-27(2,3)22-14-21(26(35-4)16-25(22)32)24-15-23(17-9-11-20(31)12-10-17)28-29(24)18-7-6-8-19(13-18)30(33)34/h5-14,16,23-24,28,31-32H,1,15H2,2-4H3. The van der Waals surface area contributed by atoms with E-state index in [4.69, 9.17) is 4.74 Å². The third-order valence-electron chi connectivity index (χ3n) is 6.59. The molecular weight excluding hydrogens is 446 g/mol. The van der Waals surface area contributed by atoms with Gasteiger partial charge in [0.05, 0.1) is 29.8 Å². The van der Waals surface area contributed by atoms with Crippen molar-refractivity contribution in [1.29, 1.82) is 0 Å². The van der Waals surface area contributed by atoms with Crippen molar-refractivity contribution in [3.05, 3.63) is 100 Å². The Hall–Kier alpha value is -4.04. The highest BCUT2D eigenvalue weighted by atomic mass is 16.6. The number of phenolic OH excluding ortho intramolecular Hbond substituents is 2. The SMILES string of the molecule is C=CC(C)(C)c1cc(C2CC(c3ccc(O)cc3)NN2c2cccc([N+](=O)[O-])c2)c(OC)cc1O. The maximum Gasteiger partial charge on any atom is 0.271 e. The number of anilines is 1. The van der Waals surface area contributed by atoms with Crippen molar-refractivity contribution in [2.24, 2.45) is 0 Å². The lowest BCUT2D eigenvalue weighted by Gasteiger charge is -2.30. The fraction of sp³-hybridized carbons (Fsp3) is 0.259. The fourth-order valence-corrected chi connectivity index (χ4v) is 4.48. The first kappa shape index (κ1) is 24.1. The van der Waals surface area contributed by atoms with Crippen LogP contribution >= 0.6 is 0 Å². The van der Waals surface area contributed by atoms with Crippen LogP contribution in [0.5, 0.6) is 17.2 Å². The van der Waals surface area contributed by atoms with Gasteiger partial charge in [-0.2, -0.15) is 0 Å². The number of hydrazine groups is 1. The summed E-state index contributed by atoms with van der Waals surface area (Å²) in [7, 11) is 1.55. The van der Waals surface area contributed by atoms with E-state index in [1.54, 1.807) is 37.5 Å². The molecule has 0 bridgehead atoms. The van der Waals surface area contributed by atoms with Crippen molar-refractivity contribution in [3.8, 4) is 17.2 Å². The first-order valence-electron chi connectivity index (χ1n) is 11.3. The van der Waals surface area contributed by atoms with Crippen LogP contribution in [0.2, 0.25) is 0 Å². The molecule has 35 heavy (non-hydrogen) atoms. The number of methoxy groups -OCH3 is 1. The summed E-state index contributed by atoms with van der Waals surface area (Å²) in [5.74, 6) is 0.800. The number of hydrogen-bond acceptors (Lipinski definition) is 7. The van der Waals surface area contributed by atoms with Gasteiger partial charge in [0.1, 0.15) is 17.2 Å². The zero-order valence-corrected chi connectivity index (χ0v) is 19.9. The molecule has 8 nitrogen and oxygen atoms in total. The highest BCUT2D eigenvalue weighted by Gasteiger charge is 2.37. The number of benzene rings is 3. The number of ether oxygens (including phenoxy) is 1. The van der Waals surface area contributed by atoms with E-state index in [1.165, 1.54) is 12.1 Å². The van der Waals surface area contributed by atoms with Gasteiger partial charge in [0.15, 0.2) is 0 Å². The van der Waals surface area contributed by atoms with E-state index in [1.807, 2.05) is 43.1 Å². The zero-order chi connectivity index (χ0) is 25.3. The van der Waals surface area contributed by atoms with Gasteiger partial charge < -0.3 is 14.9 Å². The van der Waals surface area contributed by atoms with Gasteiger partial charge in [-0.25, -0.2) is 5.43 Å². The van der Waals surface area contributed by atoms with Crippen LogP contribution in [0.25, 0.3) is 0 Å². The summed E-state index contributed by atoms with van der Waals surface area (Å²) < 4.78 is 5.66. The van der Waals surface area contributed by atoms with Gasteiger partial charge in [0, 0.05) is 34.7 Å². The summed E-state index contributed by atoms with van der Waals surface area (Å²) in [4.78, 5) is 11.0. The number of hydrogen-bond donors (Lipinski definition) is 3. The number of phenols is 2. The molecule has 3 N–H and O–H groups in total. The summed E-state index contributed by atoms with van der Waals surface area (Å²) in [5.41, 5.74) is 6.10. The number of nitrogens with one attached hydrogen (secondary N) is 1. The number of non-ortho nitro benzene ring substituents is 1. The smallest absolute Gasteiger partial charge is 0.271 e. The second-order valence-corrected chi connectivity index (χ2v) is 9.21. The minimum absolute atomic E-state index is 0.0118.